The Morgan fingerprint density at radius 2 is 1.44 bits per heavy atom. The minimum Gasteiger partial charge on any atom is -0.414 e. The highest BCUT2D eigenvalue weighted by Crippen LogP contribution is 2.62. The van der Waals surface area contributed by atoms with E-state index in [9.17, 15) is 9.90 Å². The molecule has 0 bridgehead atoms. The number of aliphatic hydroxyl groups is 1. The van der Waals surface area contributed by atoms with Crippen LogP contribution in [0.1, 0.15) is 166 Å². The minimum absolute atomic E-state index is 0.0440. The number of carbonyl (C=O) groups is 1. The third-order valence-corrected chi connectivity index (χ3v) is 24.4. The van der Waals surface area contributed by atoms with E-state index in [1.54, 1.807) is 5.57 Å². The zero-order chi connectivity index (χ0) is 39.0. The van der Waals surface area contributed by atoms with E-state index >= 15 is 0 Å². The topological polar surface area (TPSA) is 55.8 Å². The van der Waals surface area contributed by atoms with Crippen LogP contribution in [0.5, 0.6) is 0 Å². The molecule has 298 valence electrons. The molecule has 0 aliphatic heterocycles. The van der Waals surface area contributed by atoms with Gasteiger partial charge in [0.05, 0.1) is 23.7 Å². The first-order valence-electron chi connectivity index (χ1n) is 21.5. The molecule has 0 radical (unpaired) electrons. The summed E-state index contributed by atoms with van der Waals surface area (Å²) in [4.78, 5) is 13.2. The van der Waals surface area contributed by atoms with E-state index in [2.05, 4.69) is 114 Å². The summed E-state index contributed by atoms with van der Waals surface area (Å²) in [6.45, 7) is 33.2. The Bertz CT molecular complexity index is 1280. The second kappa shape index (κ2) is 16.4. The van der Waals surface area contributed by atoms with Gasteiger partial charge >= 0.3 is 0 Å². The second-order valence-electron chi connectivity index (χ2n) is 21.8. The molecule has 0 aromatic carbocycles. The fourth-order valence-corrected chi connectivity index (χ4v) is 12.5. The zero-order valence-corrected chi connectivity index (χ0v) is 38.5. The van der Waals surface area contributed by atoms with Crippen molar-refractivity contribution in [3.8, 4) is 0 Å². The molecule has 4 fully saturated rings. The van der Waals surface area contributed by atoms with Gasteiger partial charge in [-0.3, -0.25) is 4.79 Å². The van der Waals surface area contributed by atoms with Gasteiger partial charge in [-0.2, -0.15) is 0 Å². The average molecular weight is 755 g/mol. The largest absolute Gasteiger partial charge is 0.414 e. The first-order valence-corrected chi connectivity index (χ1v) is 27.3. The Kier molecular flexibility index (Phi) is 13.8. The molecule has 52 heavy (non-hydrogen) atoms. The maximum atomic E-state index is 13.2. The van der Waals surface area contributed by atoms with Crippen molar-refractivity contribution in [3.05, 3.63) is 35.5 Å². The van der Waals surface area contributed by atoms with Crippen molar-refractivity contribution in [3.63, 3.8) is 0 Å². The highest BCUT2D eigenvalue weighted by molar-refractivity contribution is 6.74. The van der Waals surface area contributed by atoms with Gasteiger partial charge < -0.3 is 14.0 Å². The number of carbonyl (C=O) groups excluding carboxylic acids is 1. The van der Waals surface area contributed by atoms with Crippen LogP contribution in [-0.4, -0.2) is 45.8 Å². The van der Waals surface area contributed by atoms with Crippen LogP contribution in [-0.2, 0) is 13.6 Å². The average Bonchev–Trinajstić information content (AvgIpc) is 3.75. The van der Waals surface area contributed by atoms with E-state index in [0.717, 1.165) is 44.9 Å². The molecule has 0 amide bonds. The van der Waals surface area contributed by atoms with Crippen molar-refractivity contribution in [1.82, 2.24) is 0 Å². The molecule has 4 nitrogen and oxygen atoms in total. The molecule has 4 rings (SSSR count). The molecule has 0 spiro atoms. The van der Waals surface area contributed by atoms with Gasteiger partial charge in [0.25, 0.3) is 0 Å². The molecule has 4 saturated carbocycles. The molecular formula is C46H82O4Si2. The van der Waals surface area contributed by atoms with Gasteiger partial charge in [-0.25, -0.2) is 0 Å². The number of ketones is 1. The fraction of sp³-hybridized carbons (Fsp3) is 0.848. The van der Waals surface area contributed by atoms with Crippen molar-refractivity contribution in [1.29, 1.82) is 0 Å². The normalized spacial score (nSPS) is 30.1. The first kappa shape index (κ1) is 43.9. The van der Waals surface area contributed by atoms with Crippen molar-refractivity contribution in [2.24, 2.45) is 28.1 Å². The summed E-state index contributed by atoms with van der Waals surface area (Å²) in [6.07, 6.45) is 25.1. The molecule has 6 atom stereocenters. The lowest BCUT2D eigenvalue weighted by Crippen LogP contribution is -2.48. The lowest BCUT2D eigenvalue weighted by Gasteiger charge is -2.47. The van der Waals surface area contributed by atoms with Crippen LogP contribution in [0.3, 0.4) is 0 Å². The molecule has 4 aliphatic carbocycles. The maximum Gasteiger partial charge on any atom is 0.192 e. The van der Waals surface area contributed by atoms with Gasteiger partial charge in [-0.15, -0.1) is 0 Å². The minimum atomic E-state index is -1.92. The van der Waals surface area contributed by atoms with Crippen LogP contribution in [0, 0.1) is 28.1 Å². The van der Waals surface area contributed by atoms with Crippen LogP contribution in [0.2, 0.25) is 36.3 Å². The third kappa shape index (κ3) is 9.95. The SMILES string of the molecule is CCCCCCC(=O)C1(C(O)C=CC(C)(C)[C@H]2CC[C@H]3C(=CC=C4C[C@@H](O[Si](C)(C)C(C)(C)C)C[C@H](O[Si](C)(C)C(C)(C)C)C4)CCC[C@]23C)CC1. The van der Waals surface area contributed by atoms with Crippen molar-refractivity contribution >= 4 is 22.4 Å². The molecule has 1 N–H and O–H groups in total. The Morgan fingerprint density at radius 3 is 1.96 bits per heavy atom. The quantitative estimate of drug-likeness (QED) is 0.103. The van der Waals surface area contributed by atoms with Crippen LogP contribution >= 0.6 is 0 Å². The lowest BCUT2D eigenvalue weighted by molar-refractivity contribution is -0.127. The molecular weight excluding hydrogens is 673 g/mol. The first-order chi connectivity index (χ1) is 23.9. The smallest absolute Gasteiger partial charge is 0.192 e. The van der Waals surface area contributed by atoms with Gasteiger partial charge in [0.1, 0.15) is 5.78 Å². The predicted octanol–water partition coefficient (Wildman–Crippen LogP) is 13.3. The van der Waals surface area contributed by atoms with E-state index in [0.29, 0.717) is 18.3 Å². The molecule has 0 aromatic heterocycles. The van der Waals surface area contributed by atoms with Crippen LogP contribution in [0.25, 0.3) is 0 Å². The van der Waals surface area contributed by atoms with E-state index in [1.807, 2.05) is 6.08 Å². The van der Waals surface area contributed by atoms with Gasteiger partial charge in [-0.1, -0.05) is 124 Å². The number of hydrogen-bond acceptors (Lipinski definition) is 4. The highest BCUT2D eigenvalue weighted by Gasteiger charge is 2.55. The zero-order valence-electron chi connectivity index (χ0n) is 36.5. The highest BCUT2D eigenvalue weighted by atomic mass is 28.4. The number of fused-ring (bicyclic) bond motifs is 1. The van der Waals surface area contributed by atoms with Crippen LogP contribution in [0.4, 0.5) is 0 Å². The van der Waals surface area contributed by atoms with Crippen LogP contribution in [0.15, 0.2) is 35.5 Å². The fourth-order valence-electron chi connectivity index (χ4n) is 9.79. The van der Waals surface area contributed by atoms with Crippen molar-refractivity contribution in [2.45, 2.75) is 220 Å². The molecule has 0 heterocycles. The van der Waals surface area contributed by atoms with Crippen LogP contribution < -0.4 is 0 Å². The molecule has 6 heteroatoms. The number of aliphatic hydroxyl groups excluding tert-OH is 1. The Hall–Kier alpha value is -0.796. The predicted molar refractivity (Wildman–Crippen MR) is 227 cm³/mol. The number of hydrogen-bond donors (Lipinski definition) is 1. The van der Waals surface area contributed by atoms with Gasteiger partial charge in [-0.05, 0) is 130 Å². The summed E-state index contributed by atoms with van der Waals surface area (Å²) in [6, 6.07) is 0. The van der Waals surface area contributed by atoms with Gasteiger partial charge in [0.2, 0.25) is 0 Å². The van der Waals surface area contributed by atoms with Crippen molar-refractivity contribution in [2.75, 3.05) is 0 Å². The third-order valence-electron chi connectivity index (χ3n) is 15.3. The molecule has 0 aromatic rings. The monoisotopic (exact) mass is 755 g/mol. The van der Waals surface area contributed by atoms with E-state index in [1.165, 1.54) is 50.5 Å². The summed E-state index contributed by atoms with van der Waals surface area (Å²) in [5.41, 5.74) is 2.82. The van der Waals surface area contributed by atoms with Gasteiger partial charge in [0.15, 0.2) is 16.6 Å². The standard InChI is InChI=1S/C46H82O4Si2/c1-15-16-17-18-21-40(47)46(29-30-46)41(48)26-28-44(8,9)39-25-24-38-35(20-19-27-45(38,39)10)23-22-34-31-36(49-51(11,12)42(2,3)4)33-37(32-34)50-52(13,14)43(5,6)7/h22-23,26,28,36-39,41,48H,15-21,24-25,27,29-33H2,1-14H3/t36-,37-,38+,39-,41?,45+/m1/s1. The number of Topliss-reactive ketones (excluding diaryl/α,β-unsaturated/α-hetero) is 1. The molecule has 0 saturated heterocycles. The lowest BCUT2D eigenvalue weighted by atomic mass is 9.57. The number of rotatable bonds is 15. The van der Waals surface area contributed by atoms with Gasteiger partial charge in [0, 0.05) is 6.42 Å². The summed E-state index contributed by atoms with van der Waals surface area (Å²) in [5, 5.41) is 11.7. The maximum absolute atomic E-state index is 13.2. The summed E-state index contributed by atoms with van der Waals surface area (Å²) in [7, 11) is -3.83. The number of allylic oxidation sites excluding steroid dienone is 4. The summed E-state index contributed by atoms with van der Waals surface area (Å²) in [5.74, 6) is 1.43. The summed E-state index contributed by atoms with van der Waals surface area (Å²) >= 11 is 0. The molecule has 1 unspecified atom stereocenters. The summed E-state index contributed by atoms with van der Waals surface area (Å²) < 4.78 is 14.2. The van der Waals surface area contributed by atoms with E-state index in [4.69, 9.17) is 8.85 Å². The van der Waals surface area contributed by atoms with E-state index < -0.39 is 28.2 Å². The second-order valence-corrected chi connectivity index (χ2v) is 31.3. The van der Waals surface area contributed by atoms with Crippen molar-refractivity contribution < 1.29 is 18.8 Å². The van der Waals surface area contributed by atoms with E-state index in [-0.39, 0.29) is 38.9 Å². The number of unbranched alkanes of at least 4 members (excludes halogenated alkanes) is 3. The molecule has 4 aliphatic rings. The Balaban J connectivity index is 1.51. The Labute approximate surface area is 323 Å². The Morgan fingerprint density at radius 1 is 0.865 bits per heavy atom.